The number of allylic oxidation sites excluding steroid dienone is 7. The summed E-state index contributed by atoms with van der Waals surface area (Å²) in [6.45, 7) is 12.1. The van der Waals surface area contributed by atoms with Gasteiger partial charge in [-0.3, -0.25) is 9.59 Å². The average Bonchev–Trinajstić information content (AvgIpc) is 2.50. The Labute approximate surface area is 152 Å². The lowest BCUT2D eigenvalue weighted by Crippen LogP contribution is -2.22. The number of Topliss-reactive ketones (excluding diaryl/α,β-unsaturated/α-hetero) is 1. The zero-order valence-electron chi connectivity index (χ0n) is 16.6. The van der Waals surface area contributed by atoms with Gasteiger partial charge in [0.2, 0.25) is 0 Å². The highest BCUT2D eigenvalue weighted by atomic mass is 16.5. The van der Waals surface area contributed by atoms with Crippen LogP contribution in [0.3, 0.4) is 0 Å². The molecule has 3 heteroatoms. The van der Waals surface area contributed by atoms with Crippen LogP contribution in [-0.2, 0) is 14.3 Å². The molecule has 0 saturated heterocycles. The summed E-state index contributed by atoms with van der Waals surface area (Å²) in [5.74, 6) is -0.0971. The van der Waals surface area contributed by atoms with Gasteiger partial charge in [-0.2, -0.15) is 0 Å². The molecule has 3 nitrogen and oxygen atoms in total. The number of carbonyl (C=O) groups excluding carboxylic acids is 2. The van der Waals surface area contributed by atoms with Crippen molar-refractivity contribution in [3.8, 4) is 0 Å². The zero-order valence-corrected chi connectivity index (χ0v) is 16.6. The van der Waals surface area contributed by atoms with Crippen LogP contribution in [0.1, 0.15) is 67.2 Å². The van der Waals surface area contributed by atoms with Crippen molar-refractivity contribution < 1.29 is 14.3 Å². The molecule has 138 valence electrons. The topological polar surface area (TPSA) is 43.4 Å². The molecule has 25 heavy (non-hydrogen) atoms. The van der Waals surface area contributed by atoms with E-state index in [2.05, 4.69) is 20.8 Å². The molecule has 0 saturated carbocycles. The van der Waals surface area contributed by atoms with Crippen LogP contribution >= 0.6 is 0 Å². The number of carbonyl (C=O) groups is 2. The number of esters is 1. The molecule has 0 spiro atoms. The maximum Gasteiger partial charge on any atom is 0.302 e. The summed E-state index contributed by atoms with van der Waals surface area (Å²) in [7, 11) is 0. The number of ether oxygens (including phenoxy) is 1. The SMILES string of the molecule is CC(=O)OC/C=C(C)/C=C/C=C(\C)C(=O)CC1=C(C)CCCC1(C)C. The van der Waals surface area contributed by atoms with Crippen LogP contribution in [0, 0.1) is 5.41 Å². The predicted octanol–water partition coefficient (Wildman–Crippen LogP) is 5.48. The van der Waals surface area contributed by atoms with E-state index in [9.17, 15) is 9.59 Å². The van der Waals surface area contributed by atoms with Gasteiger partial charge < -0.3 is 4.74 Å². The molecule has 1 rings (SSSR count). The van der Waals surface area contributed by atoms with Crippen LogP contribution in [0.15, 0.2) is 46.6 Å². The molecular weight excluding hydrogens is 312 g/mol. The van der Waals surface area contributed by atoms with Crippen molar-refractivity contribution in [3.05, 3.63) is 46.6 Å². The van der Waals surface area contributed by atoms with Gasteiger partial charge in [-0.25, -0.2) is 0 Å². The van der Waals surface area contributed by atoms with E-state index in [1.807, 2.05) is 38.2 Å². The van der Waals surface area contributed by atoms with Crippen molar-refractivity contribution in [2.75, 3.05) is 6.61 Å². The predicted molar refractivity (Wildman–Crippen MR) is 103 cm³/mol. The van der Waals surface area contributed by atoms with Crippen molar-refractivity contribution in [1.29, 1.82) is 0 Å². The highest BCUT2D eigenvalue weighted by Crippen LogP contribution is 2.42. The van der Waals surface area contributed by atoms with Gasteiger partial charge >= 0.3 is 5.97 Å². The first-order valence-corrected chi connectivity index (χ1v) is 9.01. The lowest BCUT2D eigenvalue weighted by atomic mass is 9.71. The minimum absolute atomic E-state index is 0.129. The van der Waals surface area contributed by atoms with Gasteiger partial charge in [0.25, 0.3) is 0 Å². The molecule has 0 radical (unpaired) electrons. The molecule has 0 fully saturated rings. The largest absolute Gasteiger partial charge is 0.462 e. The van der Waals surface area contributed by atoms with E-state index in [0.29, 0.717) is 6.42 Å². The maximum absolute atomic E-state index is 12.6. The zero-order chi connectivity index (χ0) is 19.0. The number of ketones is 1. The lowest BCUT2D eigenvalue weighted by Gasteiger charge is -2.34. The summed E-state index contributed by atoms with van der Waals surface area (Å²) < 4.78 is 4.87. The third-order valence-electron chi connectivity index (χ3n) is 4.86. The highest BCUT2D eigenvalue weighted by molar-refractivity contribution is 5.96. The molecule has 0 unspecified atom stereocenters. The Balaban J connectivity index is 2.68. The van der Waals surface area contributed by atoms with E-state index < -0.39 is 0 Å². The molecule has 0 aromatic rings. The molecule has 1 aliphatic carbocycles. The quantitative estimate of drug-likeness (QED) is 0.266. The smallest absolute Gasteiger partial charge is 0.302 e. The van der Waals surface area contributed by atoms with Crippen LogP contribution in [0.5, 0.6) is 0 Å². The van der Waals surface area contributed by atoms with Crippen molar-refractivity contribution in [3.63, 3.8) is 0 Å². The number of rotatable bonds is 7. The summed E-state index contributed by atoms with van der Waals surface area (Å²) in [5.41, 5.74) is 4.59. The summed E-state index contributed by atoms with van der Waals surface area (Å²) in [6.07, 6.45) is 11.5. The van der Waals surface area contributed by atoms with E-state index in [-0.39, 0.29) is 23.8 Å². The molecule has 0 aliphatic heterocycles. The Morgan fingerprint density at radius 2 is 1.88 bits per heavy atom. The number of hydrogen-bond acceptors (Lipinski definition) is 3. The van der Waals surface area contributed by atoms with E-state index in [0.717, 1.165) is 24.0 Å². The van der Waals surface area contributed by atoms with E-state index in [4.69, 9.17) is 4.74 Å². The Morgan fingerprint density at radius 3 is 2.48 bits per heavy atom. The molecule has 0 atom stereocenters. The van der Waals surface area contributed by atoms with Crippen LogP contribution in [-0.4, -0.2) is 18.4 Å². The van der Waals surface area contributed by atoms with Crippen LogP contribution < -0.4 is 0 Å². The van der Waals surface area contributed by atoms with Crippen molar-refractivity contribution in [2.45, 2.75) is 67.2 Å². The van der Waals surface area contributed by atoms with Crippen molar-refractivity contribution in [2.24, 2.45) is 5.41 Å². The minimum atomic E-state index is -0.287. The summed E-state index contributed by atoms with van der Waals surface area (Å²) in [6, 6.07) is 0. The Morgan fingerprint density at radius 1 is 1.20 bits per heavy atom. The fourth-order valence-corrected chi connectivity index (χ4v) is 3.16. The van der Waals surface area contributed by atoms with Crippen molar-refractivity contribution in [1.82, 2.24) is 0 Å². The first-order chi connectivity index (χ1) is 11.6. The third-order valence-corrected chi connectivity index (χ3v) is 4.86. The Hall–Kier alpha value is -1.90. The first kappa shape index (κ1) is 21.1. The second-order valence-corrected chi connectivity index (χ2v) is 7.56. The summed E-state index contributed by atoms with van der Waals surface area (Å²) >= 11 is 0. The van der Waals surface area contributed by atoms with Gasteiger partial charge in [0.15, 0.2) is 5.78 Å². The number of hydrogen-bond donors (Lipinski definition) is 0. The van der Waals surface area contributed by atoms with Gasteiger partial charge in [-0.1, -0.05) is 48.8 Å². The van der Waals surface area contributed by atoms with Crippen LogP contribution in [0.25, 0.3) is 0 Å². The average molecular weight is 344 g/mol. The van der Waals surface area contributed by atoms with E-state index >= 15 is 0 Å². The van der Waals surface area contributed by atoms with E-state index in [1.165, 1.54) is 24.5 Å². The Bertz CT molecular complexity index is 628. The second kappa shape index (κ2) is 9.55. The van der Waals surface area contributed by atoms with Crippen molar-refractivity contribution >= 4 is 11.8 Å². The standard InChI is InChI=1S/C22H32O3/c1-16(12-14-25-19(4)23)9-7-10-18(3)21(24)15-20-17(2)11-8-13-22(20,5)6/h7,9-10,12H,8,11,13-15H2,1-6H3/b9-7+,16-12+,18-10+. The first-order valence-electron chi connectivity index (χ1n) is 9.01. The fourth-order valence-electron chi connectivity index (χ4n) is 3.16. The normalized spacial score (nSPS) is 18.6. The van der Waals surface area contributed by atoms with Gasteiger partial charge in [0.05, 0.1) is 0 Å². The van der Waals surface area contributed by atoms with Gasteiger partial charge in [0, 0.05) is 13.3 Å². The molecule has 0 aromatic heterocycles. The fraction of sp³-hybridized carbons (Fsp3) is 0.545. The summed E-state index contributed by atoms with van der Waals surface area (Å²) in [4.78, 5) is 23.3. The second-order valence-electron chi connectivity index (χ2n) is 7.56. The monoisotopic (exact) mass is 344 g/mol. The molecule has 0 amide bonds. The van der Waals surface area contributed by atoms with Crippen LogP contribution in [0.2, 0.25) is 0 Å². The minimum Gasteiger partial charge on any atom is -0.462 e. The van der Waals surface area contributed by atoms with Gasteiger partial charge in [0.1, 0.15) is 6.61 Å². The third kappa shape index (κ3) is 7.25. The Kier molecular flexibility index (Phi) is 8.08. The van der Waals surface area contributed by atoms with Gasteiger partial charge in [-0.15, -0.1) is 0 Å². The molecule has 0 N–H and O–H groups in total. The highest BCUT2D eigenvalue weighted by Gasteiger charge is 2.29. The molecule has 0 heterocycles. The van der Waals surface area contributed by atoms with E-state index in [1.54, 1.807) is 0 Å². The molecule has 0 aromatic carbocycles. The molecular formula is C22H32O3. The lowest BCUT2D eigenvalue weighted by molar-refractivity contribution is -0.139. The maximum atomic E-state index is 12.6. The summed E-state index contributed by atoms with van der Waals surface area (Å²) in [5, 5.41) is 0. The molecule has 1 aliphatic rings. The van der Waals surface area contributed by atoms with Crippen LogP contribution in [0.4, 0.5) is 0 Å². The molecule has 0 bridgehead atoms. The van der Waals surface area contributed by atoms with Gasteiger partial charge in [-0.05, 0) is 57.1 Å².